The Kier molecular flexibility index (Phi) is 3.75. The second kappa shape index (κ2) is 5.31. The van der Waals surface area contributed by atoms with Gasteiger partial charge >= 0.3 is 5.97 Å². The molecule has 0 saturated heterocycles. The Hall–Kier alpha value is -2.02. The fourth-order valence-electron chi connectivity index (χ4n) is 1.48. The highest BCUT2D eigenvalue weighted by Crippen LogP contribution is 2.27. The smallest absolute Gasteiger partial charge is 0.309 e. The van der Waals surface area contributed by atoms with E-state index in [4.69, 9.17) is 5.11 Å². The third kappa shape index (κ3) is 3.05. The summed E-state index contributed by atoms with van der Waals surface area (Å²) >= 11 is 1.09. The Morgan fingerprint density at radius 3 is 2.89 bits per heavy atom. The number of halogens is 2. The summed E-state index contributed by atoms with van der Waals surface area (Å²) in [7, 11) is 0. The summed E-state index contributed by atoms with van der Waals surface area (Å²) in [5.41, 5.74) is 0.371. The van der Waals surface area contributed by atoms with E-state index in [1.807, 2.05) is 0 Å². The minimum atomic E-state index is -1.01. The number of nitrogens with one attached hydrogen (secondary N) is 1. The molecule has 0 amide bonds. The van der Waals surface area contributed by atoms with Gasteiger partial charge in [0.2, 0.25) is 0 Å². The van der Waals surface area contributed by atoms with Crippen molar-refractivity contribution in [3.63, 3.8) is 0 Å². The summed E-state index contributed by atoms with van der Waals surface area (Å²) < 4.78 is 27.3. The predicted octanol–water partition coefficient (Wildman–Crippen LogP) is 3.10. The molecular formula is C12H10F2N2O2S. The fourth-order valence-corrected chi connectivity index (χ4v) is 2.19. The molecule has 0 aliphatic heterocycles. The monoisotopic (exact) mass is 284 g/mol. The lowest BCUT2D eigenvalue weighted by molar-refractivity contribution is -0.136. The van der Waals surface area contributed by atoms with Gasteiger partial charge in [0.1, 0.15) is 11.5 Å². The van der Waals surface area contributed by atoms with E-state index in [9.17, 15) is 13.6 Å². The van der Waals surface area contributed by atoms with Gasteiger partial charge in [0.25, 0.3) is 0 Å². The van der Waals surface area contributed by atoms with E-state index >= 15 is 0 Å². The van der Waals surface area contributed by atoms with Crippen LogP contribution in [0.25, 0.3) is 0 Å². The number of anilines is 2. The van der Waals surface area contributed by atoms with E-state index in [-0.39, 0.29) is 17.2 Å². The molecule has 0 spiro atoms. The average molecular weight is 284 g/mol. The molecule has 19 heavy (non-hydrogen) atoms. The summed E-state index contributed by atoms with van der Waals surface area (Å²) in [6.45, 7) is 1.53. The van der Waals surface area contributed by atoms with E-state index < -0.39 is 17.6 Å². The summed E-state index contributed by atoms with van der Waals surface area (Å²) in [4.78, 5) is 14.5. The Morgan fingerprint density at radius 2 is 2.21 bits per heavy atom. The third-order valence-electron chi connectivity index (χ3n) is 2.40. The number of carboxylic acids is 1. The second-order valence-electron chi connectivity index (χ2n) is 3.89. The first-order valence-corrected chi connectivity index (χ1v) is 6.23. The molecule has 2 rings (SSSR count). The maximum absolute atomic E-state index is 13.7. The molecule has 0 saturated carbocycles. The van der Waals surface area contributed by atoms with Crippen LogP contribution in [0.3, 0.4) is 0 Å². The van der Waals surface area contributed by atoms with Crippen molar-refractivity contribution in [3.05, 3.63) is 40.4 Å². The average Bonchev–Trinajstić information content (AvgIpc) is 2.76. The Bertz CT molecular complexity index is 628. The number of hydrogen-bond donors (Lipinski definition) is 2. The largest absolute Gasteiger partial charge is 0.481 e. The van der Waals surface area contributed by atoms with Gasteiger partial charge in [0.05, 0.1) is 12.1 Å². The van der Waals surface area contributed by atoms with E-state index in [1.54, 1.807) is 0 Å². The van der Waals surface area contributed by atoms with Crippen LogP contribution in [-0.4, -0.2) is 16.1 Å². The molecule has 7 heteroatoms. The SMILES string of the molecule is Cc1ccc(F)c(Nc2nc(CC(=O)O)cs2)c1F. The summed E-state index contributed by atoms with van der Waals surface area (Å²) in [5.74, 6) is -2.42. The van der Waals surface area contributed by atoms with Crippen LogP contribution in [0.1, 0.15) is 11.3 Å². The molecule has 0 fully saturated rings. The Morgan fingerprint density at radius 1 is 1.47 bits per heavy atom. The van der Waals surface area contributed by atoms with Crippen molar-refractivity contribution >= 4 is 28.1 Å². The molecule has 2 aromatic rings. The highest BCUT2D eigenvalue weighted by atomic mass is 32.1. The number of carbonyl (C=O) groups is 1. The molecule has 1 aromatic carbocycles. The molecule has 100 valence electrons. The summed E-state index contributed by atoms with van der Waals surface area (Å²) in [5, 5.41) is 12.9. The third-order valence-corrected chi connectivity index (χ3v) is 3.21. The van der Waals surface area contributed by atoms with E-state index in [0.29, 0.717) is 11.3 Å². The number of rotatable bonds is 4. The van der Waals surface area contributed by atoms with Gasteiger partial charge in [-0.2, -0.15) is 0 Å². The first kappa shape index (κ1) is 13.4. The zero-order valence-electron chi connectivity index (χ0n) is 9.91. The fraction of sp³-hybridized carbons (Fsp3) is 0.167. The molecule has 4 nitrogen and oxygen atoms in total. The number of aryl methyl sites for hydroxylation is 1. The molecule has 1 aromatic heterocycles. The van der Waals surface area contributed by atoms with E-state index in [2.05, 4.69) is 10.3 Å². The molecule has 2 N–H and O–H groups in total. The van der Waals surface area contributed by atoms with E-state index in [0.717, 1.165) is 17.4 Å². The van der Waals surface area contributed by atoms with Crippen molar-refractivity contribution in [3.8, 4) is 0 Å². The van der Waals surface area contributed by atoms with Crippen molar-refractivity contribution in [2.24, 2.45) is 0 Å². The van der Waals surface area contributed by atoms with Crippen molar-refractivity contribution in [1.82, 2.24) is 4.98 Å². The summed E-state index contributed by atoms with van der Waals surface area (Å²) in [6, 6.07) is 2.50. The predicted molar refractivity (Wildman–Crippen MR) is 67.8 cm³/mol. The van der Waals surface area contributed by atoms with Crippen molar-refractivity contribution < 1.29 is 18.7 Å². The minimum absolute atomic E-state index is 0.225. The van der Waals surface area contributed by atoms with Gasteiger partial charge in [0, 0.05) is 5.38 Å². The van der Waals surface area contributed by atoms with Gasteiger partial charge in [-0.1, -0.05) is 6.07 Å². The standard InChI is InChI=1S/C12H10F2N2O2S/c1-6-2-3-8(13)11(10(6)14)16-12-15-7(5-19-12)4-9(17)18/h2-3,5H,4H2,1H3,(H,15,16)(H,17,18). The first-order valence-electron chi connectivity index (χ1n) is 5.35. The van der Waals surface area contributed by atoms with Crippen LogP contribution >= 0.6 is 11.3 Å². The number of benzene rings is 1. The number of carboxylic acid groups (broad SMARTS) is 1. The molecule has 0 aliphatic rings. The quantitative estimate of drug-likeness (QED) is 0.905. The lowest BCUT2D eigenvalue weighted by Gasteiger charge is -2.07. The number of aliphatic carboxylic acids is 1. The van der Waals surface area contributed by atoms with E-state index in [1.165, 1.54) is 18.4 Å². The van der Waals surface area contributed by atoms with Crippen molar-refractivity contribution in [2.75, 3.05) is 5.32 Å². The van der Waals surface area contributed by atoms with Gasteiger partial charge in [-0.05, 0) is 18.6 Å². The topological polar surface area (TPSA) is 62.2 Å². The Balaban J connectivity index is 2.24. The van der Waals surface area contributed by atoms with Gasteiger partial charge in [-0.15, -0.1) is 11.3 Å². The van der Waals surface area contributed by atoms with Crippen molar-refractivity contribution in [1.29, 1.82) is 0 Å². The van der Waals surface area contributed by atoms with Crippen LogP contribution in [-0.2, 0) is 11.2 Å². The van der Waals surface area contributed by atoms with Crippen LogP contribution in [0.2, 0.25) is 0 Å². The van der Waals surface area contributed by atoms with Crippen LogP contribution in [0, 0.1) is 18.6 Å². The normalized spacial score (nSPS) is 10.5. The molecule has 0 atom stereocenters. The first-order chi connectivity index (χ1) is 8.97. The lowest BCUT2D eigenvalue weighted by Crippen LogP contribution is -2.02. The van der Waals surface area contributed by atoms with Crippen LogP contribution in [0.4, 0.5) is 19.6 Å². The zero-order chi connectivity index (χ0) is 14.0. The Labute approximate surface area is 111 Å². The molecule has 0 aliphatic carbocycles. The molecule has 0 unspecified atom stereocenters. The molecular weight excluding hydrogens is 274 g/mol. The van der Waals surface area contributed by atoms with Gasteiger partial charge in [0.15, 0.2) is 10.9 Å². The zero-order valence-corrected chi connectivity index (χ0v) is 10.7. The lowest BCUT2D eigenvalue weighted by atomic mass is 10.2. The summed E-state index contributed by atoms with van der Waals surface area (Å²) in [6.07, 6.45) is -0.225. The van der Waals surface area contributed by atoms with Crippen LogP contribution in [0.5, 0.6) is 0 Å². The van der Waals surface area contributed by atoms with Gasteiger partial charge in [-0.3, -0.25) is 4.79 Å². The van der Waals surface area contributed by atoms with Crippen LogP contribution < -0.4 is 5.32 Å². The molecule has 0 radical (unpaired) electrons. The van der Waals surface area contributed by atoms with Crippen molar-refractivity contribution in [2.45, 2.75) is 13.3 Å². The second-order valence-corrected chi connectivity index (χ2v) is 4.75. The number of aromatic nitrogens is 1. The maximum Gasteiger partial charge on any atom is 0.309 e. The highest BCUT2D eigenvalue weighted by Gasteiger charge is 2.13. The highest BCUT2D eigenvalue weighted by molar-refractivity contribution is 7.13. The minimum Gasteiger partial charge on any atom is -0.481 e. The maximum atomic E-state index is 13.7. The van der Waals surface area contributed by atoms with Gasteiger partial charge in [-0.25, -0.2) is 13.8 Å². The van der Waals surface area contributed by atoms with Crippen LogP contribution in [0.15, 0.2) is 17.5 Å². The van der Waals surface area contributed by atoms with Gasteiger partial charge < -0.3 is 10.4 Å². The number of thiazole rings is 1. The molecule has 0 bridgehead atoms. The molecule has 1 heterocycles. The number of hydrogen-bond acceptors (Lipinski definition) is 4. The number of nitrogens with zero attached hydrogens (tertiary/aromatic N) is 1.